The first-order valence-corrected chi connectivity index (χ1v) is 12.6. The van der Waals surface area contributed by atoms with Gasteiger partial charge in [0.1, 0.15) is 0 Å². The number of aliphatic imine (C=N–C) groups is 1. The highest BCUT2D eigenvalue weighted by Crippen LogP contribution is 2.24. The van der Waals surface area contributed by atoms with Crippen LogP contribution < -0.4 is 10.2 Å². The molecular formula is C22H38IN5O2S. The Labute approximate surface area is 208 Å². The molecule has 0 saturated carbocycles. The van der Waals surface area contributed by atoms with Crippen LogP contribution in [0.1, 0.15) is 50.6 Å². The fourth-order valence-electron chi connectivity index (χ4n) is 4.52. The van der Waals surface area contributed by atoms with Crippen molar-refractivity contribution in [1.82, 2.24) is 15.2 Å². The number of hydrogen-bond acceptors (Lipinski definition) is 6. The number of guanidine groups is 1. The predicted octanol–water partition coefficient (Wildman–Crippen LogP) is 3.53. The largest absolute Gasteiger partial charge is 0.376 e. The highest BCUT2D eigenvalue weighted by Gasteiger charge is 2.24. The molecule has 3 fully saturated rings. The summed E-state index contributed by atoms with van der Waals surface area (Å²) < 4.78 is 11.9. The van der Waals surface area contributed by atoms with E-state index in [1.165, 1.54) is 36.5 Å². The molecule has 1 N–H and O–H groups in total. The van der Waals surface area contributed by atoms with Crippen molar-refractivity contribution in [3.05, 3.63) is 11.1 Å². The van der Waals surface area contributed by atoms with Crippen LogP contribution in [0.2, 0.25) is 0 Å². The topological polar surface area (TPSA) is 62.2 Å². The van der Waals surface area contributed by atoms with E-state index >= 15 is 0 Å². The van der Waals surface area contributed by atoms with Crippen LogP contribution in [0.4, 0.5) is 5.13 Å². The van der Waals surface area contributed by atoms with Gasteiger partial charge in [0.25, 0.3) is 0 Å². The molecule has 0 aromatic carbocycles. The van der Waals surface area contributed by atoms with E-state index in [1.54, 1.807) is 11.3 Å². The molecule has 1 aromatic rings. The third kappa shape index (κ3) is 7.43. The summed E-state index contributed by atoms with van der Waals surface area (Å²) in [5, 5.41) is 6.92. The highest BCUT2D eigenvalue weighted by molar-refractivity contribution is 14.0. The third-order valence-electron chi connectivity index (χ3n) is 6.33. The maximum atomic E-state index is 6.14. The van der Waals surface area contributed by atoms with Gasteiger partial charge in [-0.2, -0.15) is 0 Å². The van der Waals surface area contributed by atoms with Gasteiger partial charge in [0.15, 0.2) is 11.1 Å². The lowest BCUT2D eigenvalue weighted by molar-refractivity contribution is -0.0721. The molecule has 1 aromatic heterocycles. The molecule has 176 valence electrons. The Hall–Kier alpha value is -0.650. The average Bonchev–Trinajstić information content (AvgIpc) is 3.49. The number of ether oxygens (including phenoxy) is 2. The summed E-state index contributed by atoms with van der Waals surface area (Å²) in [7, 11) is 1.87. The molecule has 0 amide bonds. The standard InChI is InChI=1S/C22H37N5O2S.HI/c1-23-21(24-10-7-18-17-30-22(25-18)27-11-3-4-12-27)26-13-8-19(9-14-26)29-16-20-6-2-5-15-28-20;/h17,19-20H,2-16H2,1H3,(H,23,24);1H. The smallest absolute Gasteiger partial charge is 0.193 e. The quantitative estimate of drug-likeness (QED) is 0.311. The van der Waals surface area contributed by atoms with Gasteiger partial charge in [-0.25, -0.2) is 4.98 Å². The van der Waals surface area contributed by atoms with Crippen LogP contribution in [-0.2, 0) is 15.9 Å². The molecule has 31 heavy (non-hydrogen) atoms. The second kappa shape index (κ2) is 13.2. The van der Waals surface area contributed by atoms with Gasteiger partial charge in [0.2, 0.25) is 0 Å². The number of likely N-dealkylation sites (tertiary alicyclic amines) is 1. The van der Waals surface area contributed by atoms with Crippen molar-refractivity contribution < 1.29 is 9.47 Å². The first-order valence-electron chi connectivity index (χ1n) is 11.7. The summed E-state index contributed by atoms with van der Waals surface area (Å²) in [6.45, 7) is 6.82. The molecule has 3 aliphatic heterocycles. The van der Waals surface area contributed by atoms with Crippen molar-refractivity contribution in [3.63, 3.8) is 0 Å². The van der Waals surface area contributed by atoms with Gasteiger partial charge in [0, 0.05) is 58.2 Å². The van der Waals surface area contributed by atoms with Gasteiger partial charge >= 0.3 is 0 Å². The summed E-state index contributed by atoms with van der Waals surface area (Å²) in [6.07, 6.45) is 9.91. The van der Waals surface area contributed by atoms with Crippen LogP contribution in [0, 0.1) is 0 Å². The Morgan fingerprint density at radius 3 is 2.71 bits per heavy atom. The molecule has 3 aliphatic rings. The van der Waals surface area contributed by atoms with E-state index in [4.69, 9.17) is 14.5 Å². The number of nitrogens with zero attached hydrogens (tertiary/aromatic N) is 4. The fraction of sp³-hybridized carbons (Fsp3) is 0.818. The Morgan fingerprint density at radius 2 is 2.00 bits per heavy atom. The van der Waals surface area contributed by atoms with E-state index in [0.717, 1.165) is 77.6 Å². The lowest BCUT2D eigenvalue weighted by atomic mass is 10.1. The van der Waals surface area contributed by atoms with Gasteiger partial charge in [-0.3, -0.25) is 4.99 Å². The van der Waals surface area contributed by atoms with Crippen molar-refractivity contribution in [1.29, 1.82) is 0 Å². The summed E-state index contributed by atoms with van der Waals surface area (Å²) in [4.78, 5) is 14.1. The molecular weight excluding hydrogens is 525 g/mol. The molecule has 0 bridgehead atoms. The summed E-state index contributed by atoms with van der Waals surface area (Å²) in [5.74, 6) is 0.999. The molecule has 0 spiro atoms. The van der Waals surface area contributed by atoms with E-state index < -0.39 is 0 Å². The van der Waals surface area contributed by atoms with Crippen molar-refractivity contribution in [2.75, 3.05) is 57.9 Å². The van der Waals surface area contributed by atoms with Crippen molar-refractivity contribution in [2.45, 2.75) is 63.6 Å². The maximum absolute atomic E-state index is 6.14. The van der Waals surface area contributed by atoms with Gasteiger partial charge < -0.3 is 24.6 Å². The highest BCUT2D eigenvalue weighted by atomic mass is 127. The van der Waals surface area contributed by atoms with E-state index in [1.807, 2.05) is 7.05 Å². The van der Waals surface area contributed by atoms with Gasteiger partial charge in [-0.05, 0) is 44.9 Å². The normalized spacial score (nSPS) is 23.1. The van der Waals surface area contributed by atoms with E-state index in [9.17, 15) is 0 Å². The minimum atomic E-state index is 0. The molecule has 0 aliphatic carbocycles. The summed E-state index contributed by atoms with van der Waals surface area (Å²) in [6, 6.07) is 0. The number of rotatable bonds is 7. The molecule has 4 heterocycles. The van der Waals surface area contributed by atoms with Crippen molar-refractivity contribution in [3.8, 4) is 0 Å². The van der Waals surface area contributed by atoms with E-state index in [2.05, 4.69) is 25.5 Å². The Morgan fingerprint density at radius 1 is 1.19 bits per heavy atom. The molecule has 1 unspecified atom stereocenters. The minimum Gasteiger partial charge on any atom is -0.376 e. The third-order valence-corrected chi connectivity index (χ3v) is 7.28. The maximum Gasteiger partial charge on any atom is 0.193 e. The lowest BCUT2D eigenvalue weighted by Crippen LogP contribution is -2.47. The number of thiazole rings is 1. The SMILES string of the molecule is CN=C(NCCc1csc(N2CCCC2)n1)N1CCC(OCC2CCCCO2)CC1.I. The molecule has 1 atom stereocenters. The summed E-state index contributed by atoms with van der Waals surface area (Å²) >= 11 is 1.78. The van der Waals surface area contributed by atoms with Crippen LogP contribution in [-0.4, -0.2) is 81.0 Å². The van der Waals surface area contributed by atoms with Crippen LogP contribution in [0.3, 0.4) is 0 Å². The monoisotopic (exact) mass is 563 g/mol. The van der Waals surface area contributed by atoms with Crippen molar-refractivity contribution in [2.24, 2.45) is 4.99 Å². The van der Waals surface area contributed by atoms with Crippen LogP contribution >= 0.6 is 35.3 Å². The van der Waals surface area contributed by atoms with Crippen LogP contribution in [0.15, 0.2) is 10.4 Å². The molecule has 4 rings (SSSR count). The second-order valence-electron chi connectivity index (χ2n) is 8.55. The van der Waals surface area contributed by atoms with Gasteiger partial charge in [0.05, 0.1) is 24.5 Å². The number of piperidine rings is 1. The Kier molecular flexibility index (Phi) is 10.6. The molecule has 7 nitrogen and oxygen atoms in total. The second-order valence-corrected chi connectivity index (χ2v) is 9.38. The van der Waals surface area contributed by atoms with Crippen LogP contribution in [0.25, 0.3) is 0 Å². The zero-order valence-electron chi connectivity index (χ0n) is 18.8. The lowest BCUT2D eigenvalue weighted by Gasteiger charge is -2.35. The van der Waals surface area contributed by atoms with Gasteiger partial charge in [-0.1, -0.05) is 0 Å². The number of hydrogen-bond donors (Lipinski definition) is 1. The first kappa shape index (κ1) is 25.0. The summed E-state index contributed by atoms with van der Waals surface area (Å²) in [5.41, 5.74) is 1.18. The van der Waals surface area contributed by atoms with Crippen molar-refractivity contribution >= 4 is 46.4 Å². The molecule has 0 radical (unpaired) electrons. The predicted molar refractivity (Wildman–Crippen MR) is 138 cm³/mol. The van der Waals surface area contributed by atoms with Gasteiger partial charge in [-0.15, -0.1) is 35.3 Å². The van der Waals surface area contributed by atoms with E-state index in [-0.39, 0.29) is 24.0 Å². The number of anilines is 1. The zero-order chi connectivity index (χ0) is 20.6. The first-order chi connectivity index (χ1) is 14.8. The Balaban J connectivity index is 0.00000272. The number of aromatic nitrogens is 1. The fourth-order valence-corrected chi connectivity index (χ4v) is 5.43. The molecule has 3 saturated heterocycles. The minimum absolute atomic E-state index is 0. The van der Waals surface area contributed by atoms with Crippen LogP contribution in [0.5, 0.6) is 0 Å². The number of halogens is 1. The Bertz CT molecular complexity index is 669. The number of nitrogens with one attached hydrogen (secondary N) is 1. The average molecular weight is 564 g/mol. The molecule has 9 heteroatoms. The van der Waals surface area contributed by atoms with E-state index in [0.29, 0.717) is 12.2 Å². The zero-order valence-corrected chi connectivity index (χ0v) is 21.9.